The summed E-state index contributed by atoms with van der Waals surface area (Å²) in [5, 5.41) is 10.0. The Balaban J connectivity index is 0.864. The van der Waals surface area contributed by atoms with Gasteiger partial charge < -0.3 is 20.9 Å². The molecule has 1 spiro atoms. The van der Waals surface area contributed by atoms with Crippen LogP contribution in [0.15, 0.2) is 55.0 Å². The number of nitrogens with two attached hydrogens (primary N) is 1. The number of anilines is 4. The van der Waals surface area contributed by atoms with Crippen LogP contribution in [0.2, 0.25) is 0 Å². The maximum absolute atomic E-state index is 15.9. The molecule has 0 unspecified atom stereocenters. The standard InChI is InChI=1S/C40H39F3N12O4/c1-22-15-46-28(13-30(22)54-10-7-33(56)49-38(54)59)37(58)52-11-8-39(40(42,43)21-52)19-51(20-39)18-23-12-26(41)34(47-16-23)25-4-3-5-29-24(25)6-9-53(29)32-14-27(45-2)36-48-17-31(35(44)57)55(36)50-32/h3-5,12-17,45H,6-11,18-21H2,1-2H3,(H2,44,57)(H,49,56,59). The monoisotopic (exact) mass is 808 g/mol. The fourth-order valence-electron chi connectivity index (χ4n) is 8.73. The van der Waals surface area contributed by atoms with Crippen molar-refractivity contribution in [2.75, 3.05) is 61.4 Å². The lowest BCUT2D eigenvalue weighted by Crippen LogP contribution is -2.70. The number of aryl methyl sites for hydroxylation is 1. The lowest BCUT2D eigenvalue weighted by Gasteiger charge is -2.57. The van der Waals surface area contributed by atoms with Crippen LogP contribution < -0.4 is 26.2 Å². The van der Waals surface area contributed by atoms with E-state index >= 15 is 13.2 Å². The SMILES string of the molecule is CNc1cc(N2CCc3c(-c4ncc(CN5CC6(CCN(C(=O)c7cc(N8CCC(=O)NC8=O)c(C)cn7)CC6(F)F)C5)cc4F)cccc32)nn2c(C(N)=O)cnc12. The van der Waals surface area contributed by atoms with E-state index in [0.29, 0.717) is 52.5 Å². The lowest BCUT2D eigenvalue weighted by molar-refractivity contribution is -0.220. The molecule has 5 amide bonds. The Bertz CT molecular complexity index is 2590. The summed E-state index contributed by atoms with van der Waals surface area (Å²) in [6.45, 7) is 2.03. The molecule has 4 N–H and O–H groups in total. The number of halogens is 3. The first-order chi connectivity index (χ1) is 28.3. The molecule has 3 saturated heterocycles. The summed E-state index contributed by atoms with van der Waals surface area (Å²) in [6, 6.07) is 9.55. The van der Waals surface area contributed by atoms with Crippen molar-refractivity contribution in [2.24, 2.45) is 11.1 Å². The maximum atomic E-state index is 15.9. The fourth-order valence-corrected chi connectivity index (χ4v) is 8.73. The molecular weight excluding hydrogens is 770 g/mol. The van der Waals surface area contributed by atoms with Crippen molar-refractivity contribution in [1.29, 1.82) is 0 Å². The summed E-state index contributed by atoms with van der Waals surface area (Å²) < 4.78 is 49.1. The molecule has 19 heteroatoms. The van der Waals surface area contributed by atoms with Gasteiger partial charge >= 0.3 is 6.03 Å². The Morgan fingerprint density at radius 1 is 0.949 bits per heavy atom. The van der Waals surface area contributed by atoms with Crippen LogP contribution in [0.4, 0.5) is 40.8 Å². The van der Waals surface area contributed by atoms with Gasteiger partial charge in [0, 0.05) is 82.4 Å². The van der Waals surface area contributed by atoms with Crippen LogP contribution >= 0.6 is 0 Å². The van der Waals surface area contributed by atoms with Crippen molar-refractivity contribution in [3.63, 3.8) is 0 Å². The predicted octanol–water partition coefficient (Wildman–Crippen LogP) is 3.90. The van der Waals surface area contributed by atoms with E-state index in [0.717, 1.165) is 16.2 Å². The number of piperidine rings is 1. The van der Waals surface area contributed by atoms with Gasteiger partial charge in [0.2, 0.25) is 5.91 Å². The number of benzene rings is 1. The van der Waals surface area contributed by atoms with Crippen molar-refractivity contribution in [3.05, 3.63) is 88.9 Å². The van der Waals surface area contributed by atoms with E-state index in [-0.39, 0.29) is 62.6 Å². The van der Waals surface area contributed by atoms with Crippen LogP contribution in [0, 0.1) is 18.2 Å². The van der Waals surface area contributed by atoms with Gasteiger partial charge in [-0.15, -0.1) is 5.10 Å². The van der Waals surface area contributed by atoms with Gasteiger partial charge in [-0.25, -0.2) is 27.5 Å². The number of nitrogens with one attached hydrogen (secondary N) is 2. The highest BCUT2D eigenvalue weighted by Crippen LogP contribution is 2.51. The average Bonchev–Trinajstić information content (AvgIpc) is 3.83. The van der Waals surface area contributed by atoms with Crippen LogP contribution in [0.1, 0.15) is 50.5 Å². The minimum absolute atomic E-state index is 0.0631. The summed E-state index contributed by atoms with van der Waals surface area (Å²) >= 11 is 0. The highest BCUT2D eigenvalue weighted by atomic mass is 19.3. The first-order valence-corrected chi connectivity index (χ1v) is 19.1. The Kier molecular flexibility index (Phi) is 9.02. The van der Waals surface area contributed by atoms with E-state index < -0.39 is 47.5 Å². The van der Waals surface area contributed by atoms with Crippen molar-refractivity contribution >= 4 is 52.3 Å². The maximum Gasteiger partial charge on any atom is 0.328 e. The average molecular weight is 809 g/mol. The Hall–Kier alpha value is -6.63. The first kappa shape index (κ1) is 37.9. The zero-order valence-corrected chi connectivity index (χ0v) is 32.1. The number of aromatic nitrogens is 5. The summed E-state index contributed by atoms with van der Waals surface area (Å²) in [7, 11) is 1.74. The van der Waals surface area contributed by atoms with Gasteiger partial charge in [-0.1, -0.05) is 12.1 Å². The largest absolute Gasteiger partial charge is 0.385 e. The molecule has 3 fully saturated rings. The molecule has 9 rings (SSSR count). The number of pyridine rings is 2. The number of fused-ring (bicyclic) bond motifs is 2. The molecule has 0 bridgehead atoms. The molecule has 4 aliphatic rings. The minimum Gasteiger partial charge on any atom is -0.385 e. The summed E-state index contributed by atoms with van der Waals surface area (Å²) in [6.07, 6.45) is 5.09. The fraction of sp³-hybridized carbons (Fsp3) is 0.350. The van der Waals surface area contributed by atoms with E-state index in [1.54, 1.807) is 20.2 Å². The lowest BCUT2D eigenvalue weighted by atomic mass is 9.69. The number of carbonyl (C=O) groups is 4. The third-order valence-corrected chi connectivity index (χ3v) is 11.8. The second-order valence-corrected chi connectivity index (χ2v) is 15.5. The number of imidazole rings is 1. The smallest absolute Gasteiger partial charge is 0.328 e. The zero-order valence-electron chi connectivity index (χ0n) is 32.1. The second-order valence-electron chi connectivity index (χ2n) is 15.5. The van der Waals surface area contributed by atoms with Gasteiger partial charge in [0.15, 0.2) is 11.5 Å². The third-order valence-electron chi connectivity index (χ3n) is 11.8. The summed E-state index contributed by atoms with van der Waals surface area (Å²) in [5.41, 5.74) is 9.38. The number of hydrogen-bond donors (Lipinski definition) is 3. The number of primary amides is 1. The van der Waals surface area contributed by atoms with Gasteiger partial charge in [0.05, 0.1) is 29.5 Å². The molecule has 0 saturated carbocycles. The Morgan fingerprint density at radius 2 is 1.75 bits per heavy atom. The Morgan fingerprint density at radius 3 is 2.47 bits per heavy atom. The van der Waals surface area contributed by atoms with Crippen LogP contribution in [0.5, 0.6) is 0 Å². The third kappa shape index (κ3) is 6.35. The van der Waals surface area contributed by atoms with Gasteiger partial charge in [-0.05, 0) is 54.7 Å². The van der Waals surface area contributed by atoms with Gasteiger partial charge in [0.1, 0.15) is 22.9 Å². The van der Waals surface area contributed by atoms with E-state index in [1.165, 1.54) is 33.9 Å². The van der Waals surface area contributed by atoms with Crippen LogP contribution in [0.25, 0.3) is 16.9 Å². The van der Waals surface area contributed by atoms with Crippen molar-refractivity contribution in [1.82, 2.24) is 39.7 Å². The van der Waals surface area contributed by atoms with Gasteiger partial charge in [-0.2, -0.15) is 0 Å². The number of hydrogen-bond acceptors (Lipinski definition) is 11. The second kappa shape index (κ2) is 14.0. The Labute approximate surface area is 335 Å². The molecule has 0 aliphatic carbocycles. The van der Waals surface area contributed by atoms with Crippen LogP contribution in [-0.2, 0) is 17.8 Å². The first-order valence-electron chi connectivity index (χ1n) is 19.1. The van der Waals surface area contributed by atoms with Crippen molar-refractivity contribution < 1.29 is 32.3 Å². The topological polar surface area (TPSA) is 187 Å². The normalized spacial score (nSPS) is 18.6. The molecule has 304 valence electrons. The molecule has 0 radical (unpaired) electrons. The molecule has 5 aromatic rings. The summed E-state index contributed by atoms with van der Waals surface area (Å²) in [5.74, 6) is -4.93. The number of imide groups is 1. The van der Waals surface area contributed by atoms with Crippen molar-refractivity contribution in [3.8, 4) is 11.3 Å². The number of amides is 5. The molecule has 4 aromatic heterocycles. The molecule has 1 aromatic carbocycles. The number of likely N-dealkylation sites (tertiary alicyclic amines) is 2. The highest BCUT2D eigenvalue weighted by Gasteiger charge is 2.63. The quantitative estimate of drug-likeness (QED) is 0.207. The van der Waals surface area contributed by atoms with Crippen LogP contribution in [0.3, 0.4) is 0 Å². The molecule has 16 nitrogen and oxygen atoms in total. The zero-order chi connectivity index (χ0) is 41.4. The number of carbonyl (C=O) groups excluding carboxylic acids is 4. The number of alkyl halides is 2. The van der Waals surface area contributed by atoms with E-state index in [2.05, 4.69) is 30.7 Å². The van der Waals surface area contributed by atoms with E-state index in [4.69, 9.17) is 5.73 Å². The number of rotatable bonds is 8. The minimum atomic E-state index is -3.20. The van der Waals surface area contributed by atoms with E-state index in [9.17, 15) is 19.2 Å². The molecule has 8 heterocycles. The molecular formula is C40H39F3N12O4. The summed E-state index contributed by atoms with van der Waals surface area (Å²) in [4.78, 5) is 68.8. The number of nitrogens with zero attached hydrogens (tertiary/aromatic N) is 9. The predicted molar refractivity (Wildman–Crippen MR) is 209 cm³/mol. The van der Waals surface area contributed by atoms with Gasteiger partial charge in [-0.3, -0.25) is 39.5 Å². The van der Waals surface area contributed by atoms with E-state index in [1.807, 2.05) is 34.1 Å². The molecule has 0 atom stereocenters. The van der Waals surface area contributed by atoms with Crippen LogP contribution in [-0.4, -0.2) is 110 Å². The number of urea groups is 1. The van der Waals surface area contributed by atoms with Crippen molar-refractivity contribution in [2.45, 2.75) is 38.7 Å². The van der Waals surface area contributed by atoms with Gasteiger partial charge in [0.25, 0.3) is 17.7 Å². The molecule has 4 aliphatic heterocycles. The highest BCUT2D eigenvalue weighted by molar-refractivity contribution is 6.06. The molecule has 59 heavy (non-hydrogen) atoms.